The van der Waals surface area contributed by atoms with E-state index in [0.29, 0.717) is 6.04 Å². The fourth-order valence-corrected chi connectivity index (χ4v) is 3.86. The Kier molecular flexibility index (Phi) is 2.24. The number of aromatic nitrogens is 2. The highest BCUT2D eigenvalue weighted by Gasteiger charge is 2.35. The molecule has 94 valence electrons. The SMILES string of the molecule is Cc1nc2ccccc2n1[C@H]1C[C@H]2CC[C@@H](C1)N2. The predicted octanol–water partition coefficient (Wildman–Crippen LogP) is 2.80. The molecule has 0 amide bonds. The van der Waals surface area contributed by atoms with Crippen LogP contribution in [0.2, 0.25) is 0 Å². The molecule has 0 radical (unpaired) electrons. The summed E-state index contributed by atoms with van der Waals surface area (Å²) in [7, 11) is 0. The molecule has 0 spiro atoms. The van der Waals surface area contributed by atoms with E-state index in [1.165, 1.54) is 37.0 Å². The van der Waals surface area contributed by atoms with Gasteiger partial charge in [-0.25, -0.2) is 4.98 Å². The van der Waals surface area contributed by atoms with Crippen LogP contribution in [0.25, 0.3) is 11.0 Å². The second-order valence-electron chi connectivity index (χ2n) is 5.78. The van der Waals surface area contributed by atoms with Crippen molar-refractivity contribution in [2.75, 3.05) is 0 Å². The number of rotatable bonds is 1. The molecule has 18 heavy (non-hydrogen) atoms. The van der Waals surface area contributed by atoms with Crippen LogP contribution < -0.4 is 5.32 Å². The fourth-order valence-electron chi connectivity index (χ4n) is 3.86. The maximum atomic E-state index is 4.70. The lowest BCUT2D eigenvalue weighted by Crippen LogP contribution is -2.39. The molecule has 0 saturated carbocycles. The number of imidazole rings is 1. The van der Waals surface area contributed by atoms with Gasteiger partial charge in [-0.2, -0.15) is 0 Å². The zero-order valence-electron chi connectivity index (χ0n) is 10.8. The molecule has 0 aliphatic carbocycles. The van der Waals surface area contributed by atoms with E-state index in [1.807, 2.05) is 0 Å². The number of para-hydroxylation sites is 2. The van der Waals surface area contributed by atoms with E-state index in [4.69, 9.17) is 4.98 Å². The lowest BCUT2D eigenvalue weighted by Gasteiger charge is -2.31. The summed E-state index contributed by atoms with van der Waals surface area (Å²) in [6.07, 6.45) is 5.23. The summed E-state index contributed by atoms with van der Waals surface area (Å²) in [5.41, 5.74) is 2.45. The summed E-state index contributed by atoms with van der Waals surface area (Å²) < 4.78 is 2.47. The zero-order chi connectivity index (χ0) is 12.1. The molecular formula is C15H19N3. The smallest absolute Gasteiger partial charge is 0.106 e. The second-order valence-corrected chi connectivity index (χ2v) is 5.78. The number of nitrogens with zero attached hydrogens (tertiary/aromatic N) is 2. The van der Waals surface area contributed by atoms with E-state index in [-0.39, 0.29) is 0 Å². The zero-order valence-corrected chi connectivity index (χ0v) is 10.8. The lowest BCUT2D eigenvalue weighted by molar-refractivity contribution is 0.300. The largest absolute Gasteiger partial charge is 0.325 e. The Morgan fingerprint density at radius 1 is 1.17 bits per heavy atom. The van der Waals surface area contributed by atoms with Crippen LogP contribution in [0.4, 0.5) is 0 Å². The highest BCUT2D eigenvalue weighted by Crippen LogP contribution is 2.36. The lowest BCUT2D eigenvalue weighted by atomic mass is 9.99. The molecule has 2 saturated heterocycles. The third-order valence-electron chi connectivity index (χ3n) is 4.59. The quantitative estimate of drug-likeness (QED) is 0.832. The van der Waals surface area contributed by atoms with Crippen LogP contribution in [0.3, 0.4) is 0 Å². The molecular weight excluding hydrogens is 222 g/mol. The van der Waals surface area contributed by atoms with Gasteiger partial charge in [-0.15, -0.1) is 0 Å². The number of benzene rings is 1. The van der Waals surface area contributed by atoms with Crippen LogP contribution in [0.5, 0.6) is 0 Å². The summed E-state index contributed by atoms with van der Waals surface area (Å²) in [6, 6.07) is 10.6. The van der Waals surface area contributed by atoms with Crippen molar-refractivity contribution in [3.05, 3.63) is 30.1 Å². The number of aryl methyl sites for hydroxylation is 1. The molecule has 4 rings (SSSR count). The van der Waals surface area contributed by atoms with Crippen LogP contribution in [0.1, 0.15) is 37.5 Å². The summed E-state index contributed by atoms with van der Waals surface area (Å²) >= 11 is 0. The van der Waals surface area contributed by atoms with Gasteiger partial charge >= 0.3 is 0 Å². The van der Waals surface area contributed by atoms with Crippen LogP contribution in [0.15, 0.2) is 24.3 Å². The minimum Gasteiger partial charge on any atom is -0.325 e. The summed E-state index contributed by atoms with van der Waals surface area (Å²) in [6.45, 7) is 2.14. The Morgan fingerprint density at radius 3 is 2.67 bits per heavy atom. The Bertz CT molecular complexity index is 574. The predicted molar refractivity (Wildman–Crippen MR) is 72.7 cm³/mol. The Labute approximate surface area is 107 Å². The van der Waals surface area contributed by atoms with Crippen molar-refractivity contribution in [1.82, 2.24) is 14.9 Å². The third kappa shape index (κ3) is 1.50. The van der Waals surface area contributed by atoms with Gasteiger partial charge in [0.05, 0.1) is 11.0 Å². The van der Waals surface area contributed by atoms with Gasteiger partial charge in [-0.3, -0.25) is 0 Å². The van der Waals surface area contributed by atoms with Gasteiger partial charge in [0, 0.05) is 18.1 Å². The molecule has 2 aliphatic rings. The van der Waals surface area contributed by atoms with E-state index < -0.39 is 0 Å². The Balaban J connectivity index is 1.80. The van der Waals surface area contributed by atoms with Crippen LogP contribution in [-0.4, -0.2) is 21.6 Å². The first-order chi connectivity index (χ1) is 8.81. The van der Waals surface area contributed by atoms with Gasteiger partial charge in [-0.1, -0.05) is 12.1 Å². The van der Waals surface area contributed by atoms with E-state index in [0.717, 1.165) is 17.6 Å². The topological polar surface area (TPSA) is 29.9 Å². The number of nitrogens with one attached hydrogen (secondary N) is 1. The van der Waals surface area contributed by atoms with E-state index in [1.54, 1.807) is 0 Å². The first-order valence-corrected chi connectivity index (χ1v) is 7.01. The maximum absolute atomic E-state index is 4.70. The van der Waals surface area contributed by atoms with Gasteiger partial charge in [0.25, 0.3) is 0 Å². The average molecular weight is 241 g/mol. The summed E-state index contributed by atoms with van der Waals surface area (Å²) in [5, 5.41) is 3.72. The highest BCUT2D eigenvalue weighted by atomic mass is 15.1. The minimum atomic E-state index is 0.635. The molecule has 0 unspecified atom stereocenters. The summed E-state index contributed by atoms with van der Waals surface area (Å²) in [4.78, 5) is 4.70. The second kappa shape index (κ2) is 3.82. The van der Waals surface area contributed by atoms with Crippen molar-refractivity contribution in [3.63, 3.8) is 0 Å². The molecule has 2 fully saturated rings. The number of hydrogen-bond acceptors (Lipinski definition) is 2. The number of fused-ring (bicyclic) bond motifs is 3. The standard InChI is InChI=1S/C15H19N3/c1-10-16-14-4-2-3-5-15(14)18(10)13-8-11-6-7-12(9-13)17-11/h2-5,11-13,17H,6-9H2,1H3/t11-,12+,13+. The van der Waals surface area contributed by atoms with Crippen LogP contribution in [-0.2, 0) is 0 Å². The molecule has 3 heterocycles. The molecule has 1 aromatic heterocycles. The van der Waals surface area contributed by atoms with Gasteiger partial charge in [-0.05, 0) is 44.7 Å². The minimum absolute atomic E-state index is 0.635. The molecule has 3 heteroatoms. The van der Waals surface area contributed by atoms with Gasteiger partial charge in [0.2, 0.25) is 0 Å². The van der Waals surface area contributed by atoms with Crippen molar-refractivity contribution in [2.24, 2.45) is 0 Å². The van der Waals surface area contributed by atoms with Gasteiger partial charge < -0.3 is 9.88 Å². The van der Waals surface area contributed by atoms with Crippen LogP contribution >= 0.6 is 0 Å². The highest BCUT2D eigenvalue weighted by molar-refractivity contribution is 5.76. The van der Waals surface area contributed by atoms with Crippen LogP contribution in [0, 0.1) is 6.92 Å². The number of piperidine rings is 1. The molecule has 2 aromatic rings. The molecule has 1 aromatic carbocycles. The van der Waals surface area contributed by atoms with E-state index in [9.17, 15) is 0 Å². The maximum Gasteiger partial charge on any atom is 0.106 e. The fraction of sp³-hybridized carbons (Fsp3) is 0.533. The van der Waals surface area contributed by atoms with Crippen molar-refractivity contribution < 1.29 is 0 Å². The van der Waals surface area contributed by atoms with Gasteiger partial charge in [0.15, 0.2) is 0 Å². The first kappa shape index (κ1) is 10.6. The third-order valence-corrected chi connectivity index (χ3v) is 4.59. The molecule has 2 bridgehead atoms. The molecule has 1 N–H and O–H groups in total. The monoisotopic (exact) mass is 241 g/mol. The van der Waals surface area contributed by atoms with E-state index >= 15 is 0 Å². The molecule has 3 nitrogen and oxygen atoms in total. The van der Waals surface area contributed by atoms with Crippen molar-refractivity contribution >= 4 is 11.0 Å². The average Bonchev–Trinajstić information content (AvgIpc) is 2.88. The normalized spacial score (nSPS) is 31.1. The first-order valence-electron chi connectivity index (χ1n) is 7.01. The summed E-state index contributed by atoms with van der Waals surface area (Å²) in [5.74, 6) is 1.17. The Morgan fingerprint density at radius 2 is 1.89 bits per heavy atom. The molecule has 3 atom stereocenters. The van der Waals surface area contributed by atoms with Crippen molar-refractivity contribution in [3.8, 4) is 0 Å². The van der Waals surface area contributed by atoms with Gasteiger partial charge in [0.1, 0.15) is 5.82 Å². The van der Waals surface area contributed by atoms with Crippen molar-refractivity contribution in [2.45, 2.75) is 50.7 Å². The Hall–Kier alpha value is -1.35. The van der Waals surface area contributed by atoms with Crippen molar-refractivity contribution in [1.29, 1.82) is 0 Å². The molecule has 2 aliphatic heterocycles. The van der Waals surface area contributed by atoms with E-state index in [2.05, 4.69) is 41.1 Å². The number of hydrogen-bond donors (Lipinski definition) is 1.